The molecule has 28 heavy (non-hydrogen) atoms. The van der Waals surface area contributed by atoms with Crippen molar-refractivity contribution in [3.05, 3.63) is 108 Å². The van der Waals surface area contributed by atoms with Crippen LogP contribution in [0.4, 0.5) is 0 Å². The minimum atomic E-state index is -0.316. The van der Waals surface area contributed by atoms with Crippen molar-refractivity contribution < 1.29 is 4.79 Å². The van der Waals surface area contributed by atoms with E-state index in [0.717, 1.165) is 12.7 Å². The lowest BCUT2D eigenvalue weighted by atomic mass is 9.73. The van der Waals surface area contributed by atoms with E-state index < -0.39 is 0 Å². The van der Waals surface area contributed by atoms with Gasteiger partial charge in [0.05, 0.1) is 6.04 Å². The Morgan fingerprint density at radius 2 is 1.18 bits per heavy atom. The van der Waals surface area contributed by atoms with Crippen LogP contribution in [0.2, 0.25) is 0 Å². The second kappa shape index (κ2) is 7.37. The molecule has 2 heteroatoms. The molecule has 1 saturated carbocycles. The molecule has 0 heterocycles. The number of aldehydes is 1. The molecule has 0 aliphatic heterocycles. The molecule has 3 aromatic carbocycles. The highest BCUT2D eigenvalue weighted by Gasteiger charge is 2.72. The van der Waals surface area contributed by atoms with Crippen molar-refractivity contribution in [2.75, 3.05) is 0 Å². The van der Waals surface area contributed by atoms with Gasteiger partial charge in [0, 0.05) is 16.9 Å². The second-order valence-electron chi connectivity index (χ2n) is 8.09. The third-order valence-electron chi connectivity index (χ3n) is 6.18. The van der Waals surface area contributed by atoms with E-state index in [1.165, 1.54) is 16.7 Å². The Kier molecular flexibility index (Phi) is 4.91. The summed E-state index contributed by atoms with van der Waals surface area (Å²) in [5.74, 6) is 0. The molecule has 1 aliphatic rings. The standard InChI is InChI=1S/C26H27NO/c1-20(2)27-24(18-28)26(23-16-10-5-11-17-23)19-25(26,21-12-6-3-7-13-21)22-14-8-4-9-15-22/h3-18,20,24,27H,19H2,1-2H3. The molecular formula is C26H27NO. The SMILES string of the molecule is CC(C)NC(C=O)C1(c2ccccc2)CC1(c1ccccc1)c1ccccc1. The van der Waals surface area contributed by atoms with Gasteiger partial charge in [-0.25, -0.2) is 0 Å². The summed E-state index contributed by atoms with van der Waals surface area (Å²) in [6.07, 6.45) is 2.02. The lowest BCUT2D eigenvalue weighted by Gasteiger charge is -2.33. The first-order valence-corrected chi connectivity index (χ1v) is 10.0. The van der Waals surface area contributed by atoms with Crippen LogP contribution in [0.1, 0.15) is 37.0 Å². The lowest BCUT2D eigenvalue weighted by molar-refractivity contribution is -0.110. The molecule has 0 aromatic heterocycles. The summed E-state index contributed by atoms with van der Waals surface area (Å²) in [5, 5.41) is 3.56. The maximum absolute atomic E-state index is 12.4. The van der Waals surface area contributed by atoms with Gasteiger partial charge >= 0.3 is 0 Å². The molecule has 2 atom stereocenters. The van der Waals surface area contributed by atoms with E-state index in [1.54, 1.807) is 0 Å². The van der Waals surface area contributed by atoms with E-state index in [0.29, 0.717) is 0 Å². The number of hydrogen-bond acceptors (Lipinski definition) is 2. The van der Waals surface area contributed by atoms with Gasteiger partial charge in [-0.1, -0.05) is 105 Å². The van der Waals surface area contributed by atoms with Crippen molar-refractivity contribution in [3.63, 3.8) is 0 Å². The molecule has 2 nitrogen and oxygen atoms in total. The number of benzene rings is 3. The van der Waals surface area contributed by atoms with Gasteiger partial charge in [0.15, 0.2) is 0 Å². The van der Waals surface area contributed by atoms with Crippen molar-refractivity contribution in [3.8, 4) is 0 Å². The summed E-state index contributed by atoms with van der Waals surface area (Å²) >= 11 is 0. The molecule has 0 amide bonds. The third-order valence-corrected chi connectivity index (χ3v) is 6.18. The van der Waals surface area contributed by atoms with Crippen LogP contribution in [-0.2, 0) is 15.6 Å². The van der Waals surface area contributed by atoms with Gasteiger partial charge in [-0.2, -0.15) is 0 Å². The fourth-order valence-corrected chi connectivity index (χ4v) is 5.00. The largest absolute Gasteiger partial charge is 0.305 e. The van der Waals surface area contributed by atoms with Crippen molar-refractivity contribution in [2.45, 2.75) is 43.2 Å². The first kappa shape index (κ1) is 18.6. The van der Waals surface area contributed by atoms with Gasteiger partial charge in [0.2, 0.25) is 0 Å². The van der Waals surface area contributed by atoms with Crippen LogP contribution in [0, 0.1) is 0 Å². The van der Waals surface area contributed by atoms with Crippen LogP contribution in [0.5, 0.6) is 0 Å². The Hall–Kier alpha value is -2.71. The van der Waals surface area contributed by atoms with E-state index in [-0.39, 0.29) is 22.9 Å². The average Bonchev–Trinajstić information content (AvgIpc) is 3.46. The molecule has 0 spiro atoms. The van der Waals surface area contributed by atoms with Crippen molar-refractivity contribution >= 4 is 6.29 Å². The Morgan fingerprint density at radius 3 is 1.57 bits per heavy atom. The van der Waals surface area contributed by atoms with Crippen molar-refractivity contribution in [2.24, 2.45) is 0 Å². The molecule has 4 rings (SSSR count). The molecule has 1 N–H and O–H groups in total. The minimum absolute atomic E-state index is 0.223. The van der Waals surface area contributed by atoms with Gasteiger partial charge in [-0.3, -0.25) is 0 Å². The Morgan fingerprint density at radius 1 is 0.750 bits per heavy atom. The number of rotatable bonds is 7. The quantitative estimate of drug-likeness (QED) is 0.602. The fourth-order valence-electron chi connectivity index (χ4n) is 5.00. The molecule has 3 aromatic rings. The monoisotopic (exact) mass is 369 g/mol. The van der Waals surface area contributed by atoms with E-state index in [9.17, 15) is 4.79 Å². The predicted octanol–water partition coefficient (Wildman–Crippen LogP) is 4.88. The topological polar surface area (TPSA) is 29.1 Å². The first-order chi connectivity index (χ1) is 13.6. The van der Waals surface area contributed by atoms with Crippen LogP contribution in [0.3, 0.4) is 0 Å². The van der Waals surface area contributed by atoms with Crippen LogP contribution < -0.4 is 5.32 Å². The van der Waals surface area contributed by atoms with Gasteiger partial charge in [-0.05, 0) is 23.1 Å². The number of carbonyl (C=O) groups is 1. The molecule has 0 radical (unpaired) electrons. The molecule has 142 valence electrons. The minimum Gasteiger partial charge on any atom is -0.305 e. The number of nitrogens with one attached hydrogen (secondary N) is 1. The summed E-state index contributed by atoms with van der Waals surface area (Å²) in [6, 6.07) is 31.8. The molecule has 1 aliphatic carbocycles. The van der Waals surface area contributed by atoms with E-state index in [4.69, 9.17) is 0 Å². The Balaban J connectivity index is 1.97. The zero-order valence-electron chi connectivity index (χ0n) is 16.5. The van der Waals surface area contributed by atoms with E-state index in [2.05, 4.69) is 104 Å². The molecule has 0 bridgehead atoms. The zero-order valence-corrected chi connectivity index (χ0v) is 16.5. The summed E-state index contributed by atoms with van der Waals surface area (Å²) < 4.78 is 0. The Labute approximate surface area is 167 Å². The number of carbonyl (C=O) groups excluding carboxylic acids is 1. The van der Waals surface area contributed by atoms with Crippen molar-refractivity contribution in [1.29, 1.82) is 0 Å². The van der Waals surface area contributed by atoms with Gasteiger partial charge in [0.25, 0.3) is 0 Å². The molecule has 0 saturated heterocycles. The number of hydrogen-bond donors (Lipinski definition) is 1. The zero-order chi connectivity index (χ0) is 19.6. The average molecular weight is 370 g/mol. The molecular weight excluding hydrogens is 342 g/mol. The highest BCUT2D eigenvalue weighted by molar-refractivity contribution is 5.71. The van der Waals surface area contributed by atoms with Crippen molar-refractivity contribution in [1.82, 2.24) is 5.32 Å². The van der Waals surface area contributed by atoms with Gasteiger partial charge < -0.3 is 10.1 Å². The first-order valence-electron chi connectivity index (χ1n) is 10.0. The van der Waals surface area contributed by atoms with Crippen LogP contribution >= 0.6 is 0 Å². The highest BCUT2D eigenvalue weighted by Crippen LogP contribution is 2.70. The Bertz CT molecular complexity index is 881. The lowest BCUT2D eigenvalue weighted by Crippen LogP contribution is -2.48. The van der Waals surface area contributed by atoms with Gasteiger partial charge in [-0.15, -0.1) is 0 Å². The van der Waals surface area contributed by atoms with Crippen LogP contribution in [0.15, 0.2) is 91.0 Å². The smallest absolute Gasteiger partial charge is 0.137 e. The molecule has 2 unspecified atom stereocenters. The summed E-state index contributed by atoms with van der Waals surface area (Å²) in [5.41, 5.74) is 3.20. The third kappa shape index (κ3) is 2.80. The van der Waals surface area contributed by atoms with Crippen LogP contribution in [-0.4, -0.2) is 18.4 Å². The second-order valence-corrected chi connectivity index (χ2v) is 8.09. The summed E-state index contributed by atoms with van der Waals surface area (Å²) in [7, 11) is 0. The van der Waals surface area contributed by atoms with E-state index >= 15 is 0 Å². The summed E-state index contributed by atoms with van der Waals surface area (Å²) in [4.78, 5) is 12.4. The normalized spacial score (nSPS) is 21.2. The molecule has 1 fully saturated rings. The van der Waals surface area contributed by atoms with E-state index in [1.807, 2.05) is 6.07 Å². The van der Waals surface area contributed by atoms with Gasteiger partial charge in [0.1, 0.15) is 6.29 Å². The predicted molar refractivity (Wildman–Crippen MR) is 115 cm³/mol. The maximum atomic E-state index is 12.4. The fraction of sp³-hybridized carbons (Fsp3) is 0.269. The maximum Gasteiger partial charge on any atom is 0.137 e. The van der Waals surface area contributed by atoms with Crippen LogP contribution in [0.25, 0.3) is 0 Å². The highest BCUT2D eigenvalue weighted by atomic mass is 16.1. The summed E-state index contributed by atoms with van der Waals surface area (Å²) in [6.45, 7) is 4.20.